The zero-order valence-corrected chi connectivity index (χ0v) is 11.4. The molecule has 5 nitrogen and oxygen atoms in total. The van der Waals surface area contributed by atoms with E-state index in [2.05, 4.69) is 20.3 Å². The van der Waals surface area contributed by atoms with Gasteiger partial charge < -0.3 is 10.3 Å². The molecule has 3 heterocycles. The number of hydrogen-bond donors (Lipinski definition) is 2. The predicted octanol–water partition coefficient (Wildman–Crippen LogP) is 1.63. The second kappa shape index (κ2) is 4.79. The lowest BCUT2D eigenvalue weighted by molar-refractivity contribution is 0.621. The summed E-state index contributed by atoms with van der Waals surface area (Å²) >= 11 is 0. The van der Waals surface area contributed by atoms with Crippen LogP contribution < -0.4 is 10.9 Å². The number of nitrogens with zero attached hydrogens (tertiary/aromatic N) is 2. The first-order valence-electron chi connectivity index (χ1n) is 7.00. The van der Waals surface area contributed by atoms with Crippen molar-refractivity contribution in [1.82, 2.24) is 20.3 Å². The number of para-hydroxylation sites is 1. The van der Waals surface area contributed by atoms with Gasteiger partial charge in [0, 0.05) is 24.9 Å². The number of pyridine rings is 1. The van der Waals surface area contributed by atoms with E-state index < -0.39 is 0 Å². The number of hydrogen-bond acceptors (Lipinski definition) is 4. The number of aromatic amines is 1. The zero-order valence-electron chi connectivity index (χ0n) is 11.4. The van der Waals surface area contributed by atoms with Crippen LogP contribution in [0.5, 0.6) is 0 Å². The van der Waals surface area contributed by atoms with Gasteiger partial charge >= 0.3 is 0 Å². The van der Waals surface area contributed by atoms with Gasteiger partial charge in [0.05, 0.1) is 16.8 Å². The first-order valence-corrected chi connectivity index (χ1v) is 7.00. The summed E-state index contributed by atoms with van der Waals surface area (Å²) in [5, 5.41) is 4.26. The fraction of sp³-hybridized carbons (Fsp3) is 0.188. The number of nitrogens with one attached hydrogen (secondary N) is 2. The van der Waals surface area contributed by atoms with E-state index in [9.17, 15) is 4.79 Å². The van der Waals surface area contributed by atoms with E-state index in [-0.39, 0.29) is 5.56 Å². The Labute approximate surface area is 121 Å². The highest BCUT2D eigenvalue weighted by Gasteiger charge is 2.16. The predicted molar refractivity (Wildman–Crippen MR) is 81.0 cm³/mol. The molecule has 0 saturated heterocycles. The minimum absolute atomic E-state index is 0.0721. The summed E-state index contributed by atoms with van der Waals surface area (Å²) in [6.45, 7) is 1.44. The second-order valence-electron chi connectivity index (χ2n) is 5.16. The molecular formula is C16H14N4O. The van der Waals surface area contributed by atoms with Crippen molar-refractivity contribution in [3.05, 3.63) is 58.0 Å². The zero-order chi connectivity index (χ0) is 14.2. The molecule has 0 unspecified atom stereocenters. The Morgan fingerprint density at radius 1 is 1.05 bits per heavy atom. The molecule has 1 aromatic carbocycles. The number of fused-ring (bicyclic) bond motifs is 2. The molecule has 4 rings (SSSR count). The highest BCUT2D eigenvalue weighted by atomic mass is 16.1. The van der Waals surface area contributed by atoms with E-state index in [4.69, 9.17) is 0 Å². The first kappa shape index (κ1) is 12.2. The lowest BCUT2D eigenvalue weighted by Crippen LogP contribution is -2.31. The van der Waals surface area contributed by atoms with Gasteiger partial charge in [0.15, 0.2) is 5.82 Å². The number of aromatic nitrogens is 3. The Balaban J connectivity index is 1.88. The van der Waals surface area contributed by atoms with Crippen molar-refractivity contribution in [2.24, 2.45) is 0 Å². The van der Waals surface area contributed by atoms with Crippen molar-refractivity contribution in [2.45, 2.75) is 13.0 Å². The maximum absolute atomic E-state index is 12.2. The SMILES string of the molecule is O=c1[nH]c(-c2ccc3ccccc3n2)nc2c1CNCC2. The molecule has 2 aromatic heterocycles. The summed E-state index contributed by atoms with van der Waals surface area (Å²) in [5.41, 5.74) is 3.15. The van der Waals surface area contributed by atoms with E-state index in [1.54, 1.807) is 0 Å². The van der Waals surface area contributed by atoms with Gasteiger partial charge in [-0.3, -0.25) is 4.79 Å². The first-order chi connectivity index (χ1) is 10.3. The molecule has 0 aliphatic carbocycles. The lowest BCUT2D eigenvalue weighted by atomic mass is 10.1. The highest BCUT2D eigenvalue weighted by Crippen LogP contribution is 2.18. The molecule has 0 spiro atoms. The van der Waals surface area contributed by atoms with E-state index in [0.717, 1.165) is 35.1 Å². The van der Waals surface area contributed by atoms with Gasteiger partial charge in [0.1, 0.15) is 5.69 Å². The average molecular weight is 278 g/mol. The highest BCUT2D eigenvalue weighted by molar-refractivity contribution is 5.80. The van der Waals surface area contributed by atoms with Crippen LogP contribution in [0, 0.1) is 0 Å². The monoisotopic (exact) mass is 278 g/mol. The molecule has 0 radical (unpaired) electrons. The Kier molecular flexibility index (Phi) is 2.79. The molecule has 21 heavy (non-hydrogen) atoms. The molecule has 5 heteroatoms. The fourth-order valence-electron chi connectivity index (χ4n) is 2.67. The molecule has 0 bridgehead atoms. The molecule has 0 saturated carbocycles. The van der Waals surface area contributed by atoms with Gasteiger partial charge in [-0.1, -0.05) is 24.3 Å². The molecule has 104 valence electrons. The minimum atomic E-state index is -0.0721. The smallest absolute Gasteiger partial charge is 0.255 e. The molecule has 2 N–H and O–H groups in total. The van der Waals surface area contributed by atoms with Gasteiger partial charge in [-0.15, -0.1) is 0 Å². The second-order valence-corrected chi connectivity index (χ2v) is 5.16. The van der Waals surface area contributed by atoms with Gasteiger partial charge in [-0.25, -0.2) is 9.97 Å². The standard InChI is InChI=1S/C16H14N4O/c21-16-11-9-17-8-7-13(11)19-15(20-16)14-6-5-10-3-1-2-4-12(10)18-14/h1-6,17H,7-9H2,(H,19,20,21). The third-order valence-corrected chi connectivity index (χ3v) is 3.78. The summed E-state index contributed by atoms with van der Waals surface area (Å²) < 4.78 is 0. The summed E-state index contributed by atoms with van der Waals surface area (Å²) in [5.74, 6) is 0.548. The number of benzene rings is 1. The van der Waals surface area contributed by atoms with Crippen LogP contribution in [-0.4, -0.2) is 21.5 Å². The van der Waals surface area contributed by atoms with Crippen molar-refractivity contribution in [3.8, 4) is 11.5 Å². The van der Waals surface area contributed by atoms with Crippen molar-refractivity contribution in [1.29, 1.82) is 0 Å². The number of rotatable bonds is 1. The van der Waals surface area contributed by atoms with Gasteiger partial charge in [0.25, 0.3) is 5.56 Å². The summed E-state index contributed by atoms with van der Waals surface area (Å²) in [4.78, 5) is 24.2. The van der Waals surface area contributed by atoms with Crippen LogP contribution >= 0.6 is 0 Å². The summed E-state index contributed by atoms with van der Waals surface area (Å²) in [7, 11) is 0. The van der Waals surface area contributed by atoms with E-state index in [0.29, 0.717) is 18.1 Å². The molecule has 0 amide bonds. The molecular weight excluding hydrogens is 264 g/mol. The molecule has 1 aliphatic heterocycles. The van der Waals surface area contributed by atoms with Crippen molar-refractivity contribution < 1.29 is 0 Å². The van der Waals surface area contributed by atoms with Crippen LogP contribution in [-0.2, 0) is 13.0 Å². The van der Waals surface area contributed by atoms with E-state index in [1.165, 1.54) is 0 Å². The third-order valence-electron chi connectivity index (χ3n) is 3.78. The Bertz CT molecular complexity index is 885. The Morgan fingerprint density at radius 2 is 1.95 bits per heavy atom. The van der Waals surface area contributed by atoms with E-state index >= 15 is 0 Å². The van der Waals surface area contributed by atoms with Crippen molar-refractivity contribution in [3.63, 3.8) is 0 Å². The van der Waals surface area contributed by atoms with Gasteiger partial charge in [-0.2, -0.15) is 0 Å². The molecule has 3 aromatic rings. The molecule has 1 aliphatic rings. The summed E-state index contributed by atoms with van der Waals surface area (Å²) in [6, 6.07) is 11.8. The minimum Gasteiger partial charge on any atom is -0.312 e. The quantitative estimate of drug-likeness (QED) is 0.710. The van der Waals surface area contributed by atoms with Crippen LogP contribution in [0.4, 0.5) is 0 Å². The van der Waals surface area contributed by atoms with Crippen molar-refractivity contribution >= 4 is 10.9 Å². The third kappa shape index (κ3) is 2.11. The average Bonchev–Trinajstić information content (AvgIpc) is 2.54. The van der Waals surface area contributed by atoms with Crippen LogP contribution in [0.25, 0.3) is 22.4 Å². The van der Waals surface area contributed by atoms with Crippen molar-refractivity contribution in [2.75, 3.05) is 6.54 Å². The fourth-order valence-corrected chi connectivity index (χ4v) is 2.67. The van der Waals surface area contributed by atoms with Gasteiger partial charge in [0.2, 0.25) is 0 Å². The van der Waals surface area contributed by atoms with Crippen LogP contribution in [0.3, 0.4) is 0 Å². The maximum Gasteiger partial charge on any atom is 0.255 e. The van der Waals surface area contributed by atoms with Crippen LogP contribution in [0.1, 0.15) is 11.3 Å². The van der Waals surface area contributed by atoms with E-state index in [1.807, 2.05) is 36.4 Å². The summed E-state index contributed by atoms with van der Waals surface area (Å²) in [6.07, 6.45) is 0.778. The normalized spacial score (nSPS) is 14.1. The maximum atomic E-state index is 12.2. The molecule has 0 atom stereocenters. The lowest BCUT2D eigenvalue weighted by Gasteiger charge is -2.15. The number of H-pyrrole nitrogens is 1. The van der Waals surface area contributed by atoms with Crippen LogP contribution in [0.15, 0.2) is 41.2 Å². The Hall–Kier alpha value is -2.53. The Morgan fingerprint density at radius 3 is 2.90 bits per heavy atom. The topological polar surface area (TPSA) is 70.7 Å². The molecule has 0 fully saturated rings. The van der Waals surface area contributed by atoms with Crippen LogP contribution in [0.2, 0.25) is 0 Å². The largest absolute Gasteiger partial charge is 0.312 e. The van der Waals surface area contributed by atoms with Gasteiger partial charge in [-0.05, 0) is 12.1 Å².